The molecule has 1 heterocycles. The summed E-state index contributed by atoms with van der Waals surface area (Å²) in [7, 11) is 1.59. The first-order valence-corrected chi connectivity index (χ1v) is 11.3. The summed E-state index contributed by atoms with van der Waals surface area (Å²) < 4.78 is 11.5. The Morgan fingerprint density at radius 2 is 1.91 bits per heavy atom. The molecule has 0 aliphatic rings. The van der Waals surface area contributed by atoms with Gasteiger partial charge in [-0.15, -0.1) is 11.3 Å². The van der Waals surface area contributed by atoms with Crippen LogP contribution in [0.5, 0.6) is 11.5 Å². The van der Waals surface area contributed by atoms with E-state index in [0.29, 0.717) is 26.7 Å². The zero-order valence-electron chi connectivity index (χ0n) is 17.1. The van der Waals surface area contributed by atoms with E-state index >= 15 is 0 Å². The maximum absolute atomic E-state index is 6.27. The van der Waals surface area contributed by atoms with Crippen molar-refractivity contribution in [1.29, 1.82) is 0 Å². The van der Waals surface area contributed by atoms with Gasteiger partial charge in [0.1, 0.15) is 6.61 Å². The van der Waals surface area contributed by atoms with Crippen molar-refractivity contribution in [3.63, 3.8) is 0 Å². The van der Waals surface area contributed by atoms with Crippen molar-refractivity contribution in [2.24, 2.45) is 5.10 Å². The molecule has 8 heteroatoms. The molecule has 3 aromatic carbocycles. The van der Waals surface area contributed by atoms with Crippen LogP contribution < -0.4 is 14.9 Å². The van der Waals surface area contributed by atoms with Gasteiger partial charge in [0.25, 0.3) is 0 Å². The van der Waals surface area contributed by atoms with Gasteiger partial charge in [-0.25, -0.2) is 4.98 Å². The van der Waals surface area contributed by atoms with Gasteiger partial charge in [-0.2, -0.15) is 5.10 Å². The summed E-state index contributed by atoms with van der Waals surface area (Å²) in [5.41, 5.74) is 6.51. The van der Waals surface area contributed by atoms with E-state index in [1.165, 1.54) is 11.3 Å². The van der Waals surface area contributed by atoms with Gasteiger partial charge >= 0.3 is 0 Å². The third kappa shape index (κ3) is 5.40. The van der Waals surface area contributed by atoms with E-state index in [-0.39, 0.29) is 6.61 Å². The summed E-state index contributed by atoms with van der Waals surface area (Å²) in [6, 6.07) is 20.9. The largest absolute Gasteiger partial charge is 0.493 e. The molecule has 1 aromatic heterocycles. The van der Waals surface area contributed by atoms with E-state index in [4.69, 9.17) is 32.7 Å². The Kier molecular flexibility index (Phi) is 7.27. The fourth-order valence-electron chi connectivity index (χ4n) is 2.96. The van der Waals surface area contributed by atoms with E-state index in [1.54, 1.807) is 25.5 Å². The highest BCUT2D eigenvalue weighted by Crippen LogP contribution is 2.32. The Morgan fingerprint density at radius 1 is 1.06 bits per heavy atom. The van der Waals surface area contributed by atoms with Crippen molar-refractivity contribution < 1.29 is 9.47 Å². The maximum atomic E-state index is 6.27. The van der Waals surface area contributed by atoms with Crippen LogP contribution in [0.3, 0.4) is 0 Å². The molecule has 0 saturated heterocycles. The second-order valence-corrected chi connectivity index (χ2v) is 8.38. The zero-order valence-corrected chi connectivity index (χ0v) is 19.4. The Hall–Kier alpha value is -3.06. The third-order valence-electron chi connectivity index (χ3n) is 4.55. The Morgan fingerprint density at radius 3 is 2.69 bits per heavy atom. The number of nitrogens with one attached hydrogen (secondary N) is 1. The van der Waals surface area contributed by atoms with Crippen LogP contribution in [0, 0.1) is 0 Å². The van der Waals surface area contributed by atoms with E-state index in [0.717, 1.165) is 22.4 Å². The fraction of sp³-hybridized carbons (Fsp3) is 0.0833. The molecular weight excluding hydrogens is 465 g/mol. The lowest BCUT2D eigenvalue weighted by Gasteiger charge is -2.14. The lowest BCUT2D eigenvalue weighted by molar-refractivity contribution is 0.284. The molecule has 0 bridgehead atoms. The van der Waals surface area contributed by atoms with Crippen LogP contribution in [0.4, 0.5) is 5.13 Å². The standard InChI is InChI=1S/C24H19Cl2N3O2S/c1-30-22-9-5-8-17(23(22)31-14-18-10-11-19(25)12-20(18)26)13-27-29-24-28-21(15-32-24)16-6-3-2-4-7-16/h2-13,15H,14H2,1H3,(H,28,29). The SMILES string of the molecule is COc1cccc(C=NNc2nc(-c3ccccc3)cs2)c1OCc1ccc(Cl)cc1Cl. The average Bonchev–Trinajstić information content (AvgIpc) is 3.28. The van der Waals surface area contributed by atoms with Gasteiger partial charge in [0.05, 0.1) is 19.0 Å². The first-order valence-electron chi connectivity index (χ1n) is 9.68. The summed E-state index contributed by atoms with van der Waals surface area (Å²) in [6.07, 6.45) is 1.67. The third-order valence-corrected chi connectivity index (χ3v) is 5.89. The monoisotopic (exact) mass is 483 g/mol. The van der Waals surface area contributed by atoms with E-state index in [9.17, 15) is 0 Å². The van der Waals surface area contributed by atoms with Crippen molar-refractivity contribution >= 4 is 45.9 Å². The van der Waals surface area contributed by atoms with Crippen LogP contribution in [0.2, 0.25) is 10.0 Å². The molecule has 0 saturated carbocycles. The number of halogens is 2. The predicted octanol–water partition coefficient (Wildman–Crippen LogP) is 7.15. The number of aromatic nitrogens is 1. The molecule has 4 rings (SSSR count). The number of thiazole rings is 1. The number of hydrogen-bond donors (Lipinski definition) is 1. The summed E-state index contributed by atoms with van der Waals surface area (Å²) in [4.78, 5) is 4.57. The molecule has 0 fully saturated rings. The van der Waals surface area contributed by atoms with Crippen LogP contribution in [0.15, 0.2) is 77.2 Å². The highest BCUT2D eigenvalue weighted by Gasteiger charge is 2.11. The van der Waals surface area contributed by atoms with Crippen LogP contribution in [-0.4, -0.2) is 18.3 Å². The molecule has 0 amide bonds. The lowest BCUT2D eigenvalue weighted by Crippen LogP contribution is -2.02. The minimum absolute atomic E-state index is 0.261. The van der Waals surface area contributed by atoms with Crippen molar-refractivity contribution in [3.8, 4) is 22.8 Å². The van der Waals surface area contributed by atoms with Crippen molar-refractivity contribution in [2.45, 2.75) is 6.61 Å². The van der Waals surface area contributed by atoms with Gasteiger partial charge in [0, 0.05) is 32.1 Å². The number of methoxy groups -OCH3 is 1. The minimum atomic E-state index is 0.261. The topological polar surface area (TPSA) is 55.7 Å². The number of ether oxygens (including phenoxy) is 2. The van der Waals surface area contributed by atoms with Crippen LogP contribution in [0.25, 0.3) is 11.3 Å². The van der Waals surface area contributed by atoms with Crippen molar-refractivity contribution in [1.82, 2.24) is 4.98 Å². The van der Waals surface area contributed by atoms with Gasteiger partial charge in [-0.05, 0) is 24.3 Å². The van der Waals surface area contributed by atoms with Crippen LogP contribution >= 0.6 is 34.5 Å². The first-order chi connectivity index (χ1) is 15.6. The maximum Gasteiger partial charge on any atom is 0.203 e. The number of para-hydroxylation sites is 1. The second-order valence-electron chi connectivity index (χ2n) is 6.68. The van der Waals surface area contributed by atoms with Gasteiger partial charge in [-0.1, -0.05) is 65.7 Å². The predicted molar refractivity (Wildman–Crippen MR) is 133 cm³/mol. The molecule has 0 atom stereocenters. The van der Waals surface area contributed by atoms with E-state index < -0.39 is 0 Å². The Balaban J connectivity index is 1.48. The Labute approximate surface area is 200 Å². The highest BCUT2D eigenvalue weighted by molar-refractivity contribution is 7.14. The molecule has 162 valence electrons. The number of hydrogen-bond acceptors (Lipinski definition) is 6. The molecule has 0 radical (unpaired) electrons. The zero-order chi connectivity index (χ0) is 22.3. The smallest absolute Gasteiger partial charge is 0.203 e. The molecule has 0 spiro atoms. The van der Waals surface area contributed by atoms with Crippen molar-refractivity contribution in [2.75, 3.05) is 12.5 Å². The number of benzene rings is 3. The fourth-order valence-corrected chi connectivity index (χ4v) is 4.09. The minimum Gasteiger partial charge on any atom is -0.493 e. The number of anilines is 1. The molecule has 5 nitrogen and oxygen atoms in total. The van der Waals surface area contributed by atoms with E-state index in [1.807, 2.05) is 60.0 Å². The molecule has 0 aliphatic carbocycles. The highest BCUT2D eigenvalue weighted by atomic mass is 35.5. The summed E-state index contributed by atoms with van der Waals surface area (Å²) in [5.74, 6) is 1.16. The van der Waals surface area contributed by atoms with Gasteiger partial charge < -0.3 is 9.47 Å². The van der Waals surface area contributed by atoms with Crippen LogP contribution in [0.1, 0.15) is 11.1 Å². The first kappa shape index (κ1) is 22.1. The summed E-state index contributed by atoms with van der Waals surface area (Å²) >= 11 is 13.7. The molecule has 0 unspecified atom stereocenters. The van der Waals surface area contributed by atoms with E-state index in [2.05, 4.69) is 15.5 Å². The average molecular weight is 484 g/mol. The van der Waals surface area contributed by atoms with Gasteiger partial charge in [0.2, 0.25) is 5.13 Å². The Bertz CT molecular complexity index is 1230. The van der Waals surface area contributed by atoms with Gasteiger partial charge in [0.15, 0.2) is 11.5 Å². The molecule has 4 aromatic rings. The normalized spacial score (nSPS) is 11.0. The number of nitrogens with zero attached hydrogens (tertiary/aromatic N) is 2. The quantitative estimate of drug-likeness (QED) is 0.213. The van der Waals surface area contributed by atoms with Crippen molar-refractivity contribution in [3.05, 3.63) is 93.3 Å². The number of hydrazone groups is 1. The molecule has 1 N–H and O–H groups in total. The lowest BCUT2D eigenvalue weighted by atomic mass is 10.2. The number of rotatable bonds is 8. The molecular formula is C24H19Cl2N3O2S. The van der Waals surface area contributed by atoms with Crippen LogP contribution in [-0.2, 0) is 6.61 Å². The summed E-state index contributed by atoms with van der Waals surface area (Å²) in [5, 5.41) is 8.14. The molecule has 0 aliphatic heterocycles. The molecule has 32 heavy (non-hydrogen) atoms. The second kappa shape index (κ2) is 10.5. The summed E-state index contributed by atoms with van der Waals surface area (Å²) in [6.45, 7) is 0.261. The van der Waals surface area contributed by atoms with Gasteiger partial charge in [-0.3, -0.25) is 5.43 Å².